The predicted octanol–water partition coefficient (Wildman–Crippen LogP) is 3.27. The highest BCUT2D eigenvalue weighted by Crippen LogP contribution is 2.40. The molecule has 0 saturated carbocycles. The van der Waals surface area contributed by atoms with Gasteiger partial charge in [0.15, 0.2) is 5.11 Å². The highest BCUT2D eigenvalue weighted by Gasteiger charge is 2.41. The third-order valence-corrected chi connectivity index (χ3v) is 6.84. The molecule has 3 aromatic heterocycles. The highest BCUT2D eigenvalue weighted by atomic mass is 32.1. The van der Waals surface area contributed by atoms with Gasteiger partial charge in [0, 0.05) is 50.0 Å². The van der Waals surface area contributed by atoms with Crippen LogP contribution in [0.1, 0.15) is 35.6 Å². The lowest BCUT2D eigenvalue weighted by Crippen LogP contribution is -2.39. The Morgan fingerprint density at radius 1 is 1.06 bits per heavy atom. The zero-order valence-electron chi connectivity index (χ0n) is 18.9. The van der Waals surface area contributed by atoms with Gasteiger partial charge >= 0.3 is 0 Å². The number of hydrogen-bond acceptors (Lipinski definition) is 5. The number of aryl methyl sites for hydroxylation is 1. The summed E-state index contributed by atoms with van der Waals surface area (Å²) < 4.78 is 7.78. The van der Waals surface area contributed by atoms with Gasteiger partial charge in [0.2, 0.25) is 0 Å². The number of morpholine rings is 1. The maximum Gasteiger partial charge on any atom is 0.170 e. The second kappa shape index (κ2) is 9.99. The molecule has 1 N–H and O–H groups in total. The first-order valence-electron chi connectivity index (χ1n) is 11.6. The lowest BCUT2D eigenvalue weighted by Gasteiger charge is -2.31. The van der Waals surface area contributed by atoms with E-state index in [9.17, 15) is 0 Å². The molecule has 0 unspecified atom stereocenters. The van der Waals surface area contributed by atoms with E-state index in [0.29, 0.717) is 0 Å². The summed E-state index contributed by atoms with van der Waals surface area (Å²) in [5.41, 5.74) is 4.41. The molecule has 0 radical (unpaired) electrons. The topological polar surface area (TPSA) is 58.5 Å². The SMILES string of the molecule is Cc1ccc([C@H]2[C@@H](c3ccccn3)NC(=S)N2CCCN2CCOCC2)n1-c1cccnc1. The van der Waals surface area contributed by atoms with Gasteiger partial charge in [-0.05, 0) is 62.0 Å². The summed E-state index contributed by atoms with van der Waals surface area (Å²) in [4.78, 5) is 13.9. The Labute approximate surface area is 200 Å². The molecule has 2 atom stereocenters. The summed E-state index contributed by atoms with van der Waals surface area (Å²) in [7, 11) is 0. The smallest absolute Gasteiger partial charge is 0.170 e. The Bertz CT molecular complexity index is 1070. The average Bonchev–Trinajstić information content (AvgIpc) is 3.40. The maximum absolute atomic E-state index is 5.86. The average molecular weight is 463 g/mol. The van der Waals surface area contributed by atoms with Crippen molar-refractivity contribution in [1.29, 1.82) is 0 Å². The number of nitrogens with zero attached hydrogens (tertiary/aromatic N) is 5. The lowest BCUT2D eigenvalue weighted by molar-refractivity contribution is 0.0365. The first kappa shape index (κ1) is 22.0. The molecule has 2 aliphatic rings. The van der Waals surface area contributed by atoms with Crippen LogP contribution in [0.4, 0.5) is 0 Å². The van der Waals surface area contributed by atoms with E-state index in [1.807, 2.05) is 36.8 Å². The monoisotopic (exact) mass is 462 g/mol. The van der Waals surface area contributed by atoms with E-state index in [2.05, 4.69) is 60.8 Å². The highest BCUT2D eigenvalue weighted by molar-refractivity contribution is 7.80. The third-order valence-electron chi connectivity index (χ3n) is 6.49. The van der Waals surface area contributed by atoms with Gasteiger partial charge in [-0.15, -0.1) is 0 Å². The van der Waals surface area contributed by atoms with Crippen molar-refractivity contribution >= 4 is 17.3 Å². The lowest BCUT2D eigenvalue weighted by atomic mass is 10.0. The Morgan fingerprint density at radius 2 is 1.94 bits per heavy atom. The molecule has 0 amide bonds. The molecule has 172 valence electrons. The Balaban J connectivity index is 1.47. The zero-order chi connectivity index (χ0) is 22.6. The number of hydrogen-bond donors (Lipinski definition) is 1. The van der Waals surface area contributed by atoms with E-state index in [0.717, 1.165) is 62.3 Å². The molecule has 0 aliphatic carbocycles. The van der Waals surface area contributed by atoms with E-state index in [4.69, 9.17) is 17.0 Å². The molecule has 0 aromatic carbocycles. The Kier molecular flexibility index (Phi) is 6.66. The molecule has 33 heavy (non-hydrogen) atoms. The summed E-state index contributed by atoms with van der Waals surface area (Å²) >= 11 is 5.86. The van der Waals surface area contributed by atoms with Crippen LogP contribution in [0.5, 0.6) is 0 Å². The minimum Gasteiger partial charge on any atom is -0.379 e. The van der Waals surface area contributed by atoms with Crippen molar-refractivity contribution in [3.05, 3.63) is 78.1 Å². The molecule has 2 saturated heterocycles. The quantitative estimate of drug-likeness (QED) is 0.541. The number of pyridine rings is 2. The number of rotatable bonds is 7. The largest absolute Gasteiger partial charge is 0.379 e. The summed E-state index contributed by atoms with van der Waals surface area (Å²) in [6, 6.07) is 14.5. The van der Waals surface area contributed by atoms with Gasteiger partial charge < -0.3 is 19.5 Å². The molecule has 5 heterocycles. The van der Waals surface area contributed by atoms with Crippen molar-refractivity contribution in [3.8, 4) is 5.69 Å². The van der Waals surface area contributed by atoms with Gasteiger partial charge in [-0.1, -0.05) is 6.07 Å². The van der Waals surface area contributed by atoms with E-state index in [-0.39, 0.29) is 12.1 Å². The molecule has 0 bridgehead atoms. The van der Waals surface area contributed by atoms with Gasteiger partial charge in [0.1, 0.15) is 0 Å². The predicted molar refractivity (Wildman–Crippen MR) is 132 cm³/mol. The molecule has 2 aliphatic heterocycles. The van der Waals surface area contributed by atoms with Crippen LogP contribution in [0.2, 0.25) is 0 Å². The van der Waals surface area contributed by atoms with E-state index < -0.39 is 0 Å². The van der Waals surface area contributed by atoms with Crippen molar-refractivity contribution in [1.82, 2.24) is 29.7 Å². The minimum atomic E-state index is -0.0215. The van der Waals surface area contributed by atoms with Crippen LogP contribution in [-0.4, -0.2) is 68.8 Å². The van der Waals surface area contributed by atoms with Crippen molar-refractivity contribution in [2.45, 2.75) is 25.4 Å². The molecule has 7 nitrogen and oxygen atoms in total. The van der Waals surface area contributed by atoms with Crippen LogP contribution in [0.15, 0.2) is 61.1 Å². The van der Waals surface area contributed by atoms with Crippen LogP contribution in [0.3, 0.4) is 0 Å². The minimum absolute atomic E-state index is 0.0215. The van der Waals surface area contributed by atoms with Crippen LogP contribution in [-0.2, 0) is 4.74 Å². The fourth-order valence-electron chi connectivity index (χ4n) is 4.89. The van der Waals surface area contributed by atoms with Gasteiger partial charge in [0.25, 0.3) is 0 Å². The van der Waals surface area contributed by atoms with E-state index >= 15 is 0 Å². The fraction of sp³-hybridized carbons (Fsp3) is 0.400. The molecule has 0 spiro atoms. The normalized spacial score (nSPS) is 21.4. The first-order valence-corrected chi connectivity index (χ1v) is 12.0. The van der Waals surface area contributed by atoms with Crippen LogP contribution >= 0.6 is 12.2 Å². The van der Waals surface area contributed by atoms with Crippen molar-refractivity contribution in [2.75, 3.05) is 39.4 Å². The summed E-state index contributed by atoms with van der Waals surface area (Å²) in [6.07, 6.45) is 6.61. The molecule has 2 fully saturated rings. The van der Waals surface area contributed by atoms with Gasteiger partial charge in [-0.25, -0.2) is 0 Å². The van der Waals surface area contributed by atoms with Crippen LogP contribution in [0, 0.1) is 6.92 Å². The van der Waals surface area contributed by atoms with Crippen molar-refractivity contribution < 1.29 is 4.74 Å². The molecule has 5 rings (SSSR count). The van der Waals surface area contributed by atoms with Crippen LogP contribution < -0.4 is 5.32 Å². The number of nitrogens with one attached hydrogen (secondary N) is 1. The Morgan fingerprint density at radius 3 is 2.70 bits per heavy atom. The zero-order valence-corrected chi connectivity index (χ0v) is 19.7. The van der Waals surface area contributed by atoms with Crippen LogP contribution in [0.25, 0.3) is 5.69 Å². The Hall–Kier alpha value is -2.81. The third kappa shape index (κ3) is 4.64. The van der Waals surface area contributed by atoms with Gasteiger partial charge in [0.05, 0.1) is 42.9 Å². The second-order valence-corrected chi connectivity index (χ2v) is 8.96. The molecular formula is C25H30N6OS. The first-order chi connectivity index (χ1) is 16.2. The standard InChI is InChI=1S/C25H30N6OS/c1-19-8-9-22(31(19)20-6-4-10-26-18-20)24-23(21-7-2-3-11-27-21)28-25(33)30(24)13-5-12-29-14-16-32-17-15-29/h2-4,6-11,18,23-24H,5,12-17H2,1H3,(H,28,33)/t23-,24+/m1/s1. The van der Waals surface area contributed by atoms with E-state index in [1.165, 1.54) is 11.4 Å². The van der Waals surface area contributed by atoms with Gasteiger partial charge in [-0.3, -0.25) is 14.9 Å². The number of thiocarbonyl (C=S) groups is 1. The molecule has 3 aromatic rings. The molecule has 8 heteroatoms. The number of ether oxygens (including phenoxy) is 1. The molecular weight excluding hydrogens is 432 g/mol. The number of aromatic nitrogens is 3. The second-order valence-electron chi connectivity index (χ2n) is 8.57. The summed E-state index contributed by atoms with van der Waals surface area (Å²) in [5, 5.41) is 4.36. The maximum atomic E-state index is 5.86. The summed E-state index contributed by atoms with van der Waals surface area (Å²) in [5.74, 6) is 0. The fourth-order valence-corrected chi connectivity index (χ4v) is 5.22. The van der Waals surface area contributed by atoms with Gasteiger partial charge in [-0.2, -0.15) is 0 Å². The van der Waals surface area contributed by atoms with Crippen molar-refractivity contribution in [3.63, 3.8) is 0 Å². The van der Waals surface area contributed by atoms with E-state index in [1.54, 1.807) is 0 Å². The summed E-state index contributed by atoms with van der Waals surface area (Å²) in [6.45, 7) is 7.73. The van der Waals surface area contributed by atoms with Crippen molar-refractivity contribution in [2.24, 2.45) is 0 Å².